The summed E-state index contributed by atoms with van der Waals surface area (Å²) in [7, 11) is -0.450. The van der Waals surface area contributed by atoms with Gasteiger partial charge in [-0.15, -0.1) is 0 Å². The molecule has 0 radical (unpaired) electrons. The fourth-order valence-corrected chi connectivity index (χ4v) is 4.65. The van der Waals surface area contributed by atoms with E-state index in [-0.39, 0.29) is 0 Å². The summed E-state index contributed by atoms with van der Waals surface area (Å²) in [6.07, 6.45) is 2.56. The third kappa shape index (κ3) is 3.57. The van der Waals surface area contributed by atoms with Crippen LogP contribution >= 0.6 is 0 Å². The van der Waals surface area contributed by atoms with Gasteiger partial charge in [0.2, 0.25) is 0 Å². The van der Waals surface area contributed by atoms with Gasteiger partial charge < -0.3 is 15.4 Å². The summed E-state index contributed by atoms with van der Waals surface area (Å²) in [5, 5.41) is 6.51. The molecule has 4 nitrogen and oxygen atoms in total. The molecule has 0 aromatic rings. The molecule has 4 aliphatic heterocycles. The fourth-order valence-electron chi connectivity index (χ4n) is 2.96. The summed E-state index contributed by atoms with van der Waals surface area (Å²) < 4.78 is 15.9. The average molecular weight is 288 g/mol. The lowest BCUT2D eigenvalue weighted by Crippen LogP contribution is -2.65. The van der Waals surface area contributed by atoms with Crippen LogP contribution in [0.2, 0.25) is 0 Å². The minimum atomic E-state index is -0.450. The van der Waals surface area contributed by atoms with E-state index < -0.39 is 10.8 Å². The van der Waals surface area contributed by atoms with Gasteiger partial charge in [0.1, 0.15) is 0 Å². The fraction of sp³-hybridized carbons (Fsp3) is 1.00. The monoisotopic (exact) mass is 288 g/mol. The summed E-state index contributed by atoms with van der Waals surface area (Å²) in [5.74, 6) is 1.92. The maximum Gasteiger partial charge on any atom is 0.0472 e. The van der Waals surface area contributed by atoms with E-state index in [2.05, 4.69) is 10.6 Å². The summed E-state index contributed by atoms with van der Waals surface area (Å²) in [5.41, 5.74) is 1.17. The number of nitrogens with one attached hydrogen (secondary N) is 2. The maximum absolute atomic E-state index is 10.6. The zero-order chi connectivity index (χ0) is 13.8. The van der Waals surface area contributed by atoms with Crippen molar-refractivity contribution in [1.82, 2.24) is 10.6 Å². The van der Waals surface area contributed by atoms with Crippen molar-refractivity contribution in [3.8, 4) is 0 Å². The van der Waals surface area contributed by atoms with E-state index in [0.717, 1.165) is 37.8 Å². The van der Waals surface area contributed by atoms with Gasteiger partial charge in [-0.2, -0.15) is 0 Å². The van der Waals surface area contributed by atoms with E-state index in [1.807, 2.05) is 13.8 Å². The summed E-state index contributed by atoms with van der Waals surface area (Å²) >= 11 is 0. The number of rotatable bonds is 0. The molecule has 0 unspecified atom stereocenters. The van der Waals surface area contributed by atoms with Crippen LogP contribution in [-0.4, -0.2) is 55.1 Å². The van der Waals surface area contributed by atoms with E-state index in [1.54, 1.807) is 0 Å². The molecule has 0 bridgehead atoms. The van der Waals surface area contributed by atoms with Crippen LogP contribution in [0.4, 0.5) is 0 Å². The normalized spacial score (nSPS) is 29.8. The molecule has 0 amide bonds. The van der Waals surface area contributed by atoms with Gasteiger partial charge >= 0.3 is 0 Å². The molecule has 0 saturated carbocycles. The molecule has 19 heavy (non-hydrogen) atoms. The van der Waals surface area contributed by atoms with Gasteiger partial charge in [0.05, 0.1) is 0 Å². The Morgan fingerprint density at radius 2 is 1.37 bits per heavy atom. The molecular formula is C14H28N2O2S. The second kappa shape index (κ2) is 6.66. The first kappa shape index (κ1) is 15.4. The van der Waals surface area contributed by atoms with Crippen LogP contribution in [0.3, 0.4) is 0 Å². The van der Waals surface area contributed by atoms with Crippen LogP contribution in [0.15, 0.2) is 0 Å². The SMILES string of the molecule is C1CC2(CCO1)CNC2.CC.O=S1CC2(CNC2)C1. The average Bonchev–Trinajstić information content (AvgIpc) is 2.35. The molecule has 0 atom stereocenters. The Labute approximate surface area is 119 Å². The quantitative estimate of drug-likeness (QED) is 0.691. The molecule has 4 aliphatic rings. The standard InChI is InChI=1S/C7H13NO.C5H9NOS.C2H6/c1-3-9-4-2-7(1)5-8-6-7;7-8-3-5(4-8)1-6-2-5;1-2/h8H,1-6H2;6H,1-4H2;1-2H3. The maximum atomic E-state index is 10.6. The van der Waals surface area contributed by atoms with Crippen LogP contribution < -0.4 is 10.6 Å². The molecule has 0 aromatic carbocycles. The highest BCUT2D eigenvalue weighted by Gasteiger charge is 2.47. The highest BCUT2D eigenvalue weighted by molar-refractivity contribution is 7.86. The highest BCUT2D eigenvalue weighted by Crippen LogP contribution is 2.34. The Balaban J connectivity index is 0.000000125. The second-order valence-electron chi connectivity index (χ2n) is 6.05. The summed E-state index contributed by atoms with van der Waals surface area (Å²) in [6.45, 7) is 10.7. The molecule has 0 aliphatic carbocycles. The molecule has 5 heteroatoms. The van der Waals surface area contributed by atoms with Gasteiger partial charge in [-0.3, -0.25) is 4.21 Å². The van der Waals surface area contributed by atoms with Crippen molar-refractivity contribution >= 4 is 10.8 Å². The van der Waals surface area contributed by atoms with Crippen LogP contribution in [0.25, 0.3) is 0 Å². The Hall–Kier alpha value is 0.0300. The molecule has 4 heterocycles. The summed E-state index contributed by atoms with van der Waals surface area (Å²) in [6, 6.07) is 0. The van der Waals surface area contributed by atoms with Crippen molar-refractivity contribution in [3.05, 3.63) is 0 Å². The van der Waals surface area contributed by atoms with Crippen molar-refractivity contribution in [1.29, 1.82) is 0 Å². The number of ether oxygens (including phenoxy) is 1. The van der Waals surface area contributed by atoms with Crippen LogP contribution in [-0.2, 0) is 15.5 Å². The molecule has 4 fully saturated rings. The van der Waals surface area contributed by atoms with Crippen molar-refractivity contribution in [3.63, 3.8) is 0 Å². The van der Waals surface area contributed by atoms with E-state index in [9.17, 15) is 4.21 Å². The highest BCUT2D eigenvalue weighted by atomic mass is 32.2. The van der Waals surface area contributed by atoms with Crippen molar-refractivity contribution in [2.75, 3.05) is 50.9 Å². The number of hydrogen-bond acceptors (Lipinski definition) is 4. The molecular weight excluding hydrogens is 260 g/mol. The molecule has 2 N–H and O–H groups in total. The molecule has 4 saturated heterocycles. The van der Waals surface area contributed by atoms with Gasteiger partial charge in [-0.25, -0.2) is 0 Å². The predicted octanol–water partition coefficient (Wildman–Crippen LogP) is 0.751. The van der Waals surface area contributed by atoms with Gasteiger partial charge in [0.15, 0.2) is 0 Å². The molecule has 0 aromatic heterocycles. The van der Waals surface area contributed by atoms with Gasteiger partial charge in [-0.1, -0.05) is 13.8 Å². The minimum Gasteiger partial charge on any atom is -0.381 e. The van der Waals surface area contributed by atoms with Crippen molar-refractivity contribution < 1.29 is 8.95 Å². The lowest BCUT2D eigenvalue weighted by molar-refractivity contribution is -0.0130. The van der Waals surface area contributed by atoms with Gasteiger partial charge in [0.25, 0.3) is 0 Å². The zero-order valence-corrected chi connectivity index (χ0v) is 13.1. The minimum absolute atomic E-state index is 0.450. The lowest BCUT2D eigenvalue weighted by Gasteiger charge is -2.48. The van der Waals surface area contributed by atoms with E-state index in [0.29, 0.717) is 10.8 Å². The largest absolute Gasteiger partial charge is 0.381 e. The third-order valence-corrected chi connectivity index (χ3v) is 6.36. The third-order valence-electron chi connectivity index (χ3n) is 4.49. The van der Waals surface area contributed by atoms with E-state index in [1.165, 1.54) is 25.9 Å². The predicted molar refractivity (Wildman–Crippen MR) is 79.9 cm³/mol. The Kier molecular flexibility index (Phi) is 5.40. The van der Waals surface area contributed by atoms with Crippen molar-refractivity contribution in [2.45, 2.75) is 26.7 Å². The van der Waals surface area contributed by atoms with Crippen LogP contribution in [0.1, 0.15) is 26.7 Å². The van der Waals surface area contributed by atoms with E-state index in [4.69, 9.17) is 4.74 Å². The van der Waals surface area contributed by atoms with E-state index >= 15 is 0 Å². The summed E-state index contributed by atoms with van der Waals surface area (Å²) in [4.78, 5) is 0. The van der Waals surface area contributed by atoms with Crippen LogP contribution in [0, 0.1) is 10.8 Å². The molecule has 4 rings (SSSR count). The Morgan fingerprint density at radius 1 is 0.895 bits per heavy atom. The molecule has 112 valence electrons. The first-order chi connectivity index (χ1) is 9.22. The van der Waals surface area contributed by atoms with Gasteiger partial charge in [-0.05, 0) is 18.3 Å². The first-order valence-corrected chi connectivity index (χ1v) is 9.05. The van der Waals surface area contributed by atoms with Gasteiger partial charge in [0, 0.05) is 67.1 Å². The number of hydrogen-bond donors (Lipinski definition) is 2. The molecule has 2 spiro atoms. The smallest absolute Gasteiger partial charge is 0.0472 e. The first-order valence-electron chi connectivity index (χ1n) is 7.56. The second-order valence-corrected chi connectivity index (χ2v) is 7.50. The lowest BCUT2D eigenvalue weighted by atomic mass is 9.75. The Bertz CT molecular complexity index is 297. The topological polar surface area (TPSA) is 50.4 Å². The zero-order valence-electron chi connectivity index (χ0n) is 12.3. The van der Waals surface area contributed by atoms with Crippen molar-refractivity contribution in [2.24, 2.45) is 10.8 Å². The Morgan fingerprint density at radius 3 is 1.58 bits per heavy atom. The van der Waals surface area contributed by atoms with Crippen LogP contribution in [0.5, 0.6) is 0 Å².